The minimum absolute atomic E-state index is 0.556. The van der Waals surface area contributed by atoms with Gasteiger partial charge in [-0.25, -0.2) is 9.97 Å². The zero-order valence-corrected chi connectivity index (χ0v) is 11.5. The molecular weight excluding hydrogens is 238 g/mol. The summed E-state index contributed by atoms with van der Waals surface area (Å²) in [6, 6.07) is 4.28. The second-order valence-corrected chi connectivity index (χ2v) is 4.98. The van der Waals surface area contributed by atoms with Crippen LogP contribution in [0, 0.1) is 17.2 Å². The third-order valence-corrected chi connectivity index (χ3v) is 3.53. The van der Waals surface area contributed by atoms with Crippen molar-refractivity contribution in [2.45, 2.75) is 32.6 Å². The van der Waals surface area contributed by atoms with E-state index in [0.29, 0.717) is 12.3 Å². The summed E-state index contributed by atoms with van der Waals surface area (Å²) in [6.07, 6.45) is 5.54. The minimum Gasteiger partial charge on any atom is -0.370 e. The third kappa shape index (κ3) is 3.82. The Bertz CT molecular complexity index is 432. The van der Waals surface area contributed by atoms with Gasteiger partial charge < -0.3 is 10.2 Å². The smallest absolute Gasteiger partial charge is 0.134 e. The number of anilines is 2. The maximum absolute atomic E-state index is 8.73. The summed E-state index contributed by atoms with van der Waals surface area (Å²) in [7, 11) is 0. The summed E-state index contributed by atoms with van der Waals surface area (Å²) in [4.78, 5) is 10.9. The van der Waals surface area contributed by atoms with Crippen LogP contribution in [-0.2, 0) is 0 Å². The van der Waals surface area contributed by atoms with Gasteiger partial charge in [0.15, 0.2) is 0 Å². The molecule has 1 aromatic heterocycles. The van der Waals surface area contributed by atoms with Crippen LogP contribution in [0.2, 0.25) is 0 Å². The van der Waals surface area contributed by atoms with Crippen LogP contribution in [0.4, 0.5) is 11.6 Å². The second-order valence-electron chi connectivity index (χ2n) is 4.98. The van der Waals surface area contributed by atoms with Gasteiger partial charge in [-0.2, -0.15) is 5.26 Å². The molecule has 0 radical (unpaired) electrons. The predicted octanol–water partition coefficient (Wildman–Crippen LogP) is 2.43. The Kier molecular flexibility index (Phi) is 4.96. The lowest BCUT2D eigenvalue weighted by Crippen LogP contribution is -2.34. The maximum atomic E-state index is 8.73. The summed E-state index contributed by atoms with van der Waals surface area (Å²) in [5, 5.41) is 12.0. The highest BCUT2D eigenvalue weighted by Crippen LogP contribution is 2.24. The average Bonchev–Trinajstić information content (AvgIpc) is 2.46. The van der Waals surface area contributed by atoms with Crippen LogP contribution in [0.3, 0.4) is 0 Å². The van der Waals surface area contributed by atoms with E-state index in [9.17, 15) is 0 Å². The molecule has 0 aromatic carbocycles. The number of piperidine rings is 1. The molecule has 1 aliphatic heterocycles. The standard InChI is InChI=1S/C14H21N5/c1-2-7-16-13-10-14(18-11-17-13)19-8-4-12(3-6-15)5-9-19/h10-12H,2-5,7-9H2,1H3,(H,16,17,18). The second kappa shape index (κ2) is 6.93. The molecule has 0 spiro atoms. The Balaban J connectivity index is 1.93. The van der Waals surface area contributed by atoms with Crippen molar-refractivity contribution in [3.05, 3.63) is 12.4 Å². The SMILES string of the molecule is CCCNc1cc(N2CCC(CC#N)CC2)ncn1. The van der Waals surface area contributed by atoms with E-state index >= 15 is 0 Å². The molecular formula is C14H21N5. The van der Waals surface area contributed by atoms with Crippen molar-refractivity contribution in [3.63, 3.8) is 0 Å². The first-order chi connectivity index (χ1) is 9.33. The molecule has 5 nitrogen and oxygen atoms in total. The number of aromatic nitrogens is 2. The zero-order chi connectivity index (χ0) is 13.5. The van der Waals surface area contributed by atoms with Gasteiger partial charge in [-0.3, -0.25) is 0 Å². The molecule has 0 saturated carbocycles. The number of nitrogens with one attached hydrogen (secondary N) is 1. The van der Waals surface area contributed by atoms with Crippen molar-refractivity contribution < 1.29 is 0 Å². The molecule has 1 aromatic rings. The summed E-state index contributed by atoms with van der Waals surface area (Å²) in [5.41, 5.74) is 0. The van der Waals surface area contributed by atoms with E-state index in [4.69, 9.17) is 5.26 Å². The van der Waals surface area contributed by atoms with Gasteiger partial charge in [0.2, 0.25) is 0 Å². The molecule has 1 aliphatic rings. The molecule has 19 heavy (non-hydrogen) atoms. The topological polar surface area (TPSA) is 64.8 Å². The highest BCUT2D eigenvalue weighted by molar-refractivity contribution is 5.48. The van der Waals surface area contributed by atoms with Gasteiger partial charge in [-0.1, -0.05) is 6.92 Å². The Morgan fingerprint density at radius 2 is 2.21 bits per heavy atom. The fraction of sp³-hybridized carbons (Fsp3) is 0.643. The Labute approximate surface area is 114 Å². The van der Waals surface area contributed by atoms with E-state index in [2.05, 4.69) is 33.2 Å². The van der Waals surface area contributed by atoms with E-state index < -0.39 is 0 Å². The summed E-state index contributed by atoms with van der Waals surface area (Å²) >= 11 is 0. The molecule has 0 bridgehead atoms. The number of nitrogens with zero attached hydrogens (tertiary/aromatic N) is 4. The number of rotatable bonds is 5. The van der Waals surface area contributed by atoms with Gasteiger partial charge in [-0.15, -0.1) is 0 Å². The van der Waals surface area contributed by atoms with Crippen LogP contribution in [0.5, 0.6) is 0 Å². The number of hydrogen-bond acceptors (Lipinski definition) is 5. The van der Waals surface area contributed by atoms with E-state index in [1.54, 1.807) is 6.33 Å². The van der Waals surface area contributed by atoms with Gasteiger partial charge in [-0.05, 0) is 25.2 Å². The lowest BCUT2D eigenvalue weighted by molar-refractivity contribution is 0.411. The van der Waals surface area contributed by atoms with Gasteiger partial charge in [0.25, 0.3) is 0 Å². The highest BCUT2D eigenvalue weighted by atomic mass is 15.2. The van der Waals surface area contributed by atoms with Crippen LogP contribution in [0.15, 0.2) is 12.4 Å². The lowest BCUT2D eigenvalue weighted by Gasteiger charge is -2.31. The normalized spacial score (nSPS) is 16.1. The van der Waals surface area contributed by atoms with Crippen molar-refractivity contribution in [2.75, 3.05) is 29.9 Å². The number of nitriles is 1. The van der Waals surface area contributed by atoms with E-state index in [0.717, 1.165) is 50.5 Å². The van der Waals surface area contributed by atoms with Gasteiger partial charge in [0.1, 0.15) is 18.0 Å². The van der Waals surface area contributed by atoms with Crippen LogP contribution in [-0.4, -0.2) is 29.6 Å². The fourth-order valence-electron chi connectivity index (χ4n) is 2.37. The summed E-state index contributed by atoms with van der Waals surface area (Å²) < 4.78 is 0. The van der Waals surface area contributed by atoms with Crippen molar-refractivity contribution in [1.82, 2.24) is 9.97 Å². The molecule has 1 N–H and O–H groups in total. The van der Waals surface area contributed by atoms with Crippen molar-refractivity contribution in [3.8, 4) is 6.07 Å². The van der Waals surface area contributed by atoms with Crippen molar-refractivity contribution in [1.29, 1.82) is 5.26 Å². The largest absolute Gasteiger partial charge is 0.370 e. The first kappa shape index (κ1) is 13.6. The molecule has 2 rings (SSSR count). The molecule has 1 saturated heterocycles. The molecule has 0 unspecified atom stereocenters. The van der Waals surface area contributed by atoms with Gasteiger partial charge >= 0.3 is 0 Å². The lowest BCUT2D eigenvalue weighted by atomic mass is 9.94. The number of hydrogen-bond donors (Lipinski definition) is 1. The Morgan fingerprint density at radius 3 is 2.89 bits per heavy atom. The van der Waals surface area contributed by atoms with Crippen molar-refractivity contribution >= 4 is 11.6 Å². The molecule has 0 aliphatic carbocycles. The van der Waals surface area contributed by atoms with Gasteiger partial charge in [0, 0.05) is 32.1 Å². The maximum Gasteiger partial charge on any atom is 0.134 e. The third-order valence-electron chi connectivity index (χ3n) is 3.53. The van der Waals surface area contributed by atoms with Crippen LogP contribution < -0.4 is 10.2 Å². The monoisotopic (exact) mass is 259 g/mol. The average molecular weight is 259 g/mol. The Morgan fingerprint density at radius 1 is 1.42 bits per heavy atom. The molecule has 1 fully saturated rings. The van der Waals surface area contributed by atoms with Crippen molar-refractivity contribution in [2.24, 2.45) is 5.92 Å². The van der Waals surface area contributed by atoms with E-state index in [-0.39, 0.29) is 0 Å². The molecule has 102 valence electrons. The highest BCUT2D eigenvalue weighted by Gasteiger charge is 2.20. The molecule has 0 atom stereocenters. The minimum atomic E-state index is 0.556. The predicted molar refractivity (Wildman–Crippen MR) is 76.0 cm³/mol. The quantitative estimate of drug-likeness (QED) is 0.879. The molecule has 0 amide bonds. The first-order valence-corrected chi connectivity index (χ1v) is 7.01. The molecule has 2 heterocycles. The van der Waals surface area contributed by atoms with Gasteiger partial charge in [0.05, 0.1) is 6.07 Å². The Hall–Kier alpha value is -1.83. The summed E-state index contributed by atoms with van der Waals surface area (Å²) in [6.45, 7) is 5.03. The van der Waals surface area contributed by atoms with Crippen LogP contribution >= 0.6 is 0 Å². The van der Waals surface area contributed by atoms with E-state index in [1.807, 2.05) is 6.07 Å². The van der Waals surface area contributed by atoms with E-state index in [1.165, 1.54) is 0 Å². The first-order valence-electron chi connectivity index (χ1n) is 7.01. The zero-order valence-electron chi connectivity index (χ0n) is 11.5. The van der Waals surface area contributed by atoms with Crippen LogP contribution in [0.1, 0.15) is 32.6 Å². The summed E-state index contributed by atoms with van der Waals surface area (Å²) in [5.74, 6) is 2.44. The van der Waals surface area contributed by atoms with Crippen LogP contribution in [0.25, 0.3) is 0 Å². The molecule has 5 heteroatoms. The fourth-order valence-corrected chi connectivity index (χ4v) is 2.37.